The summed E-state index contributed by atoms with van der Waals surface area (Å²) in [6.07, 6.45) is 4.20. The third kappa shape index (κ3) is 1.39. The van der Waals surface area contributed by atoms with Gasteiger partial charge in [-0.3, -0.25) is 4.79 Å². The van der Waals surface area contributed by atoms with Gasteiger partial charge in [-0.1, -0.05) is 19.8 Å². The van der Waals surface area contributed by atoms with Gasteiger partial charge in [-0.2, -0.15) is 0 Å². The molecule has 1 N–H and O–H groups in total. The van der Waals surface area contributed by atoms with Crippen molar-refractivity contribution in [3.63, 3.8) is 0 Å². The summed E-state index contributed by atoms with van der Waals surface area (Å²) in [5.74, 6) is -0.279. The quantitative estimate of drug-likeness (QED) is 0.632. The van der Waals surface area contributed by atoms with E-state index in [0.717, 1.165) is 19.3 Å². The molecule has 0 radical (unpaired) electrons. The second-order valence-corrected chi connectivity index (χ2v) is 3.87. The van der Waals surface area contributed by atoms with Crippen molar-refractivity contribution in [3.8, 4) is 0 Å². The monoisotopic (exact) mass is 156 g/mol. The molecule has 0 heterocycles. The van der Waals surface area contributed by atoms with Crippen LogP contribution in [-0.4, -0.2) is 11.1 Å². The van der Waals surface area contributed by atoms with E-state index in [-0.39, 0.29) is 0 Å². The van der Waals surface area contributed by atoms with E-state index >= 15 is 0 Å². The number of rotatable bonds is 1. The maximum absolute atomic E-state index is 10.9. The van der Waals surface area contributed by atoms with Gasteiger partial charge in [-0.05, 0) is 25.7 Å². The maximum Gasteiger partial charge on any atom is 0.309 e. The number of hydrogen-bond donors (Lipinski definition) is 1. The minimum absolute atomic E-state index is 0.341. The first-order valence-corrected chi connectivity index (χ1v) is 4.31. The molecule has 0 bridgehead atoms. The molecule has 0 spiro atoms. The van der Waals surface area contributed by atoms with Crippen molar-refractivity contribution in [2.75, 3.05) is 0 Å². The Labute approximate surface area is 67.6 Å². The van der Waals surface area contributed by atoms with Crippen LogP contribution in [0.3, 0.4) is 0 Å². The van der Waals surface area contributed by atoms with Gasteiger partial charge in [0.1, 0.15) is 0 Å². The number of carboxylic acids is 1. The van der Waals surface area contributed by atoms with Crippen LogP contribution in [0.4, 0.5) is 0 Å². The van der Waals surface area contributed by atoms with Gasteiger partial charge in [0.25, 0.3) is 0 Å². The fourth-order valence-corrected chi connectivity index (χ4v) is 1.83. The van der Waals surface area contributed by atoms with Gasteiger partial charge in [0.2, 0.25) is 0 Å². The van der Waals surface area contributed by atoms with Crippen LogP contribution in [0.2, 0.25) is 0 Å². The van der Waals surface area contributed by atoms with Crippen LogP contribution in [0.25, 0.3) is 0 Å². The molecule has 0 aromatic rings. The summed E-state index contributed by atoms with van der Waals surface area (Å²) in [4.78, 5) is 10.9. The van der Waals surface area contributed by atoms with E-state index in [0.29, 0.717) is 5.92 Å². The molecule has 0 aromatic heterocycles. The van der Waals surface area contributed by atoms with E-state index in [9.17, 15) is 4.79 Å². The Bertz CT molecular complexity index is 165. The van der Waals surface area contributed by atoms with Crippen molar-refractivity contribution in [2.45, 2.75) is 39.5 Å². The Kier molecular flexibility index (Phi) is 2.21. The topological polar surface area (TPSA) is 37.3 Å². The Morgan fingerprint density at radius 2 is 2.18 bits per heavy atom. The summed E-state index contributed by atoms with van der Waals surface area (Å²) in [6.45, 7) is 3.92. The van der Waals surface area contributed by atoms with E-state index in [1.165, 1.54) is 6.42 Å². The molecular weight excluding hydrogens is 140 g/mol. The van der Waals surface area contributed by atoms with Gasteiger partial charge in [-0.25, -0.2) is 0 Å². The first-order chi connectivity index (χ1) is 5.07. The van der Waals surface area contributed by atoms with Crippen LogP contribution < -0.4 is 0 Å². The highest BCUT2D eigenvalue weighted by Crippen LogP contribution is 2.40. The Balaban J connectivity index is 2.72. The van der Waals surface area contributed by atoms with Crippen LogP contribution in [0.1, 0.15) is 39.5 Å². The molecule has 1 aliphatic carbocycles. The van der Waals surface area contributed by atoms with E-state index in [4.69, 9.17) is 5.11 Å². The molecule has 1 rings (SSSR count). The van der Waals surface area contributed by atoms with Gasteiger partial charge in [0.15, 0.2) is 0 Å². The van der Waals surface area contributed by atoms with Crippen molar-refractivity contribution in [3.05, 3.63) is 0 Å². The molecule has 2 heteroatoms. The van der Waals surface area contributed by atoms with Gasteiger partial charge in [0, 0.05) is 0 Å². The highest BCUT2D eigenvalue weighted by atomic mass is 16.4. The van der Waals surface area contributed by atoms with E-state index in [1.807, 2.05) is 13.8 Å². The number of carbonyl (C=O) groups is 1. The second kappa shape index (κ2) is 2.84. The first kappa shape index (κ1) is 8.57. The second-order valence-electron chi connectivity index (χ2n) is 3.87. The van der Waals surface area contributed by atoms with Crippen LogP contribution in [0.15, 0.2) is 0 Å². The molecule has 1 aliphatic rings. The zero-order chi connectivity index (χ0) is 8.48. The lowest BCUT2D eigenvalue weighted by Crippen LogP contribution is -2.36. The van der Waals surface area contributed by atoms with E-state index < -0.39 is 11.4 Å². The zero-order valence-corrected chi connectivity index (χ0v) is 7.26. The summed E-state index contributed by atoms with van der Waals surface area (Å²) in [5.41, 5.74) is -0.446. The molecule has 2 atom stereocenters. The Morgan fingerprint density at radius 3 is 2.55 bits per heavy atom. The Hall–Kier alpha value is -0.530. The van der Waals surface area contributed by atoms with Crippen molar-refractivity contribution in [1.82, 2.24) is 0 Å². The average molecular weight is 156 g/mol. The van der Waals surface area contributed by atoms with Crippen molar-refractivity contribution >= 4 is 5.97 Å². The fraction of sp³-hybridized carbons (Fsp3) is 0.889. The smallest absolute Gasteiger partial charge is 0.309 e. The van der Waals surface area contributed by atoms with Crippen LogP contribution in [0.5, 0.6) is 0 Å². The molecule has 64 valence electrons. The lowest BCUT2D eigenvalue weighted by Gasteiger charge is -2.35. The number of carboxylic acid groups (broad SMARTS) is 1. The van der Waals surface area contributed by atoms with E-state index in [1.54, 1.807) is 0 Å². The predicted octanol–water partition coefficient (Wildman–Crippen LogP) is 2.29. The van der Waals surface area contributed by atoms with Gasteiger partial charge < -0.3 is 5.11 Å². The SMILES string of the molecule is C[C@@H]1CCCC[C@@]1(C)C(=O)O. The molecule has 11 heavy (non-hydrogen) atoms. The van der Waals surface area contributed by atoms with Crippen molar-refractivity contribution in [1.29, 1.82) is 0 Å². The highest BCUT2D eigenvalue weighted by Gasteiger charge is 2.40. The third-order valence-electron chi connectivity index (χ3n) is 3.16. The molecule has 0 aliphatic heterocycles. The minimum atomic E-state index is -0.621. The molecular formula is C9H16O2. The summed E-state index contributed by atoms with van der Waals surface area (Å²) in [5, 5.41) is 8.97. The van der Waals surface area contributed by atoms with Crippen molar-refractivity contribution < 1.29 is 9.90 Å². The minimum Gasteiger partial charge on any atom is -0.481 e. The summed E-state index contributed by atoms with van der Waals surface area (Å²) < 4.78 is 0. The molecule has 0 unspecified atom stereocenters. The van der Waals surface area contributed by atoms with E-state index in [2.05, 4.69) is 0 Å². The first-order valence-electron chi connectivity index (χ1n) is 4.31. The normalized spacial score (nSPS) is 38.5. The van der Waals surface area contributed by atoms with Crippen molar-refractivity contribution in [2.24, 2.45) is 11.3 Å². The molecule has 2 nitrogen and oxygen atoms in total. The number of aliphatic carboxylic acids is 1. The standard InChI is InChI=1S/C9H16O2/c1-7-5-3-4-6-9(7,2)8(10)11/h7H,3-6H2,1-2H3,(H,10,11)/t7-,9-/m1/s1. The zero-order valence-electron chi connectivity index (χ0n) is 7.26. The van der Waals surface area contributed by atoms with Crippen LogP contribution in [0, 0.1) is 11.3 Å². The van der Waals surface area contributed by atoms with Gasteiger partial charge in [0.05, 0.1) is 5.41 Å². The molecule has 1 fully saturated rings. The average Bonchev–Trinajstić information content (AvgIpc) is 1.95. The maximum atomic E-state index is 10.9. The molecule has 0 amide bonds. The lowest BCUT2D eigenvalue weighted by atomic mass is 9.68. The molecule has 0 saturated heterocycles. The largest absolute Gasteiger partial charge is 0.481 e. The van der Waals surface area contributed by atoms with Crippen LogP contribution in [-0.2, 0) is 4.79 Å². The van der Waals surface area contributed by atoms with Crippen LogP contribution >= 0.6 is 0 Å². The third-order valence-corrected chi connectivity index (χ3v) is 3.16. The summed E-state index contributed by atoms with van der Waals surface area (Å²) in [6, 6.07) is 0. The molecule has 0 aromatic carbocycles. The highest BCUT2D eigenvalue weighted by molar-refractivity contribution is 5.74. The van der Waals surface area contributed by atoms with Gasteiger partial charge >= 0.3 is 5.97 Å². The summed E-state index contributed by atoms with van der Waals surface area (Å²) in [7, 11) is 0. The van der Waals surface area contributed by atoms with Gasteiger partial charge in [-0.15, -0.1) is 0 Å². The Morgan fingerprint density at radius 1 is 1.55 bits per heavy atom. The number of hydrogen-bond acceptors (Lipinski definition) is 1. The lowest BCUT2D eigenvalue weighted by molar-refractivity contribution is -0.153. The predicted molar refractivity (Wildman–Crippen MR) is 43.4 cm³/mol. The fourth-order valence-electron chi connectivity index (χ4n) is 1.83. The molecule has 1 saturated carbocycles. The summed E-state index contributed by atoms with van der Waals surface area (Å²) >= 11 is 0.